The molecule has 0 saturated carbocycles. The van der Waals surface area contributed by atoms with Crippen LogP contribution in [0.2, 0.25) is 0 Å². The van der Waals surface area contributed by atoms with Crippen molar-refractivity contribution in [3.05, 3.63) is 35.9 Å². The fraction of sp³-hybridized carbons (Fsp3) is 0.500. The highest BCUT2D eigenvalue weighted by atomic mass is 16.4. The van der Waals surface area contributed by atoms with Crippen molar-refractivity contribution < 1.29 is 5.21 Å². The van der Waals surface area contributed by atoms with Crippen molar-refractivity contribution >= 4 is 5.71 Å². The first-order chi connectivity index (χ1) is 8.38. The van der Waals surface area contributed by atoms with Gasteiger partial charge in [0.1, 0.15) is 5.71 Å². The van der Waals surface area contributed by atoms with Gasteiger partial charge in [0.15, 0.2) is 0 Å². The van der Waals surface area contributed by atoms with Gasteiger partial charge in [-0.3, -0.25) is 4.90 Å². The van der Waals surface area contributed by atoms with Crippen LogP contribution in [0.25, 0.3) is 0 Å². The number of nitrogens with zero attached hydrogens (tertiary/aromatic N) is 2. The molecule has 3 heterocycles. The van der Waals surface area contributed by atoms with Gasteiger partial charge < -0.3 is 5.21 Å². The van der Waals surface area contributed by atoms with Crippen LogP contribution in [-0.2, 0) is 0 Å². The van der Waals surface area contributed by atoms with Crippen LogP contribution in [-0.4, -0.2) is 35.0 Å². The molecule has 4 rings (SSSR count). The molecular formula is C14H18N2O. The van der Waals surface area contributed by atoms with Crippen molar-refractivity contribution in [3.8, 4) is 0 Å². The lowest BCUT2D eigenvalue weighted by atomic mass is 9.80. The number of oxime groups is 1. The minimum Gasteiger partial charge on any atom is -0.411 e. The van der Waals surface area contributed by atoms with Crippen LogP contribution >= 0.6 is 0 Å². The van der Waals surface area contributed by atoms with E-state index in [1.54, 1.807) is 0 Å². The Morgan fingerprint density at radius 1 is 1.18 bits per heavy atom. The SMILES string of the molecule is ON=C(c1ccccc1)C1CC2CCN1CC2. The van der Waals surface area contributed by atoms with Crippen LogP contribution < -0.4 is 0 Å². The first kappa shape index (κ1) is 10.8. The van der Waals surface area contributed by atoms with E-state index in [2.05, 4.69) is 10.1 Å². The molecule has 0 amide bonds. The monoisotopic (exact) mass is 230 g/mol. The summed E-state index contributed by atoms with van der Waals surface area (Å²) in [6, 6.07) is 10.4. The highest BCUT2D eigenvalue weighted by molar-refractivity contribution is 6.04. The maximum Gasteiger partial charge on any atom is 0.104 e. The van der Waals surface area contributed by atoms with Gasteiger partial charge in [-0.05, 0) is 38.3 Å². The topological polar surface area (TPSA) is 35.8 Å². The van der Waals surface area contributed by atoms with E-state index in [1.807, 2.05) is 30.3 Å². The summed E-state index contributed by atoms with van der Waals surface area (Å²) in [5.41, 5.74) is 1.89. The average molecular weight is 230 g/mol. The molecule has 0 spiro atoms. The van der Waals surface area contributed by atoms with Gasteiger partial charge in [-0.25, -0.2) is 0 Å². The summed E-state index contributed by atoms with van der Waals surface area (Å²) in [6.07, 6.45) is 3.77. The molecule has 3 aliphatic rings. The number of hydrogen-bond donors (Lipinski definition) is 1. The molecule has 1 unspecified atom stereocenters. The van der Waals surface area contributed by atoms with Gasteiger partial charge in [0.05, 0.1) is 6.04 Å². The van der Waals surface area contributed by atoms with Gasteiger partial charge in [-0.1, -0.05) is 35.5 Å². The Morgan fingerprint density at radius 2 is 1.88 bits per heavy atom. The van der Waals surface area contributed by atoms with Gasteiger partial charge in [0.2, 0.25) is 0 Å². The van der Waals surface area contributed by atoms with E-state index >= 15 is 0 Å². The van der Waals surface area contributed by atoms with Crippen molar-refractivity contribution in [1.82, 2.24) is 4.90 Å². The van der Waals surface area contributed by atoms with E-state index in [-0.39, 0.29) is 0 Å². The zero-order chi connectivity index (χ0) is 11.7. The Morgan fingerprint density at radius 3 is 2.41 bits per heavy atom. The third kappa shape index (κ3) is 1.95. The number of piperidine rings is 3. The van der Waals surface area contributed by atoms with E-state index in [0.717, 1.165) is 36.7 Å². The van der Waals surface area contributed by atoms with Crippen LogP contribution in [0.4, 0.5) is 0 Å². The van der Waals surface area contributed by atoms with Gasteiger partial charge in [-0.15, -0.1) is 0 Å². The Balaban J connectivity index is 1.87. The summed E-state index contributed by atoms with van der Waals surface area (Å²) in [5.74, 6) is 0.825. The van der Waals surface area contributed by atoms with E-state index in [9.17, 15) is 5.21 Å². The lowest BCUT2D eigenvalue weighted by molar-refractivity contribution is 0.0814. The molecule has 1 N–H and O–H groups in total. The van der Waals surface area contributed by atoms with Crippen molar-refractivity contribution in [2.45, 2.75) is 25.3 Å². The maximum absolute atomic E-state index is 9.32. The summed E-state index contributed by atoms with van der Waals surface area (Å²) in [6.45, 7) is 2.31. The average Bonchev–Trinajstić information content (AvgIpc) is 2.42. The molecule has 1 aromatic carbocycles. The molecule has 2 bridgehead atoms. The summed E-state index contributed by atoms with van der Waals surface area (Å²) in [5, 5.41) is 12.9. The summed E-state index contributed by atoms with van der Waals surface area (Å²) >= 11 is 0. The Hall–Kier alpha value is -1.35. The predicted molar refractivity (Wildman–Crippen MR) is 67.5 cm³/mol. The molecule has 17 heavy (non-hydrogen) atoms. The molecule has 3 heteroatoms. The summed E-state index contributed by atoms with van der Waals surface area (Å²) < 4.78 is 0. The Bertz CT molecular complexity index is 407. The standard InChI is InChI=1S/C14H18N2O/c17-15-14(12-4-2-1-3-5-12)13-10-11-6-8-16(13)9-7-11/h1-5,11,13,17H,6-10H2. The van der Waals surface area contributed by atoms with Gasteiger partial charge in [0, 0.05) is 5.56 Å². The highest BCUT2D eigenvalue weighted by Gasteiger charge is 2.36. The van der Waals surface area contributed by atoms with Crippen LogP contribution in [0.3, 0.4) is 0 Å². The molecular weight excluding hydrogens is 212 g/mol. The second-order valence-electron chi connectivity index (χ2n) is 5.08. The fourth-order valence-electron chi connectivity index (χ4n) is 3.18. The van der Waals surface area contributed by atoms with Gasteiger partial charge in [-0.2, -0.15) is 0 Å². The second kappa shape index (κ2) is 4.49. The van der Waals surface area contributed by atoms with Crippen LogP contribution in [0, 0.1) is 5.92 Å². The second-order valence-corrected chi connectivity index (χ2v) is 5.08. The van der Waals surface area contributed by atoms with E-state index in [1.165, 1.54) is 12.8 Å². The molecule has 3 aliphatic heterocycles. The van der Waals surface area contributed by atoms with Crippen molar-refractivity contribution in [1.29, 1.82) is 0 Å². The Kier molecular flexibility index (Phi) is 2.85. The molecule has 3 nitrogen and oxygen atoms in total. The van der Waals surface area contributed by atoms with Gasteiger partial charge >= 0.3 is 0 Å². The molecule has 3 saturated heterocycles. The Labute approximate surface area is 102 Å². The molecule has 0 aliphatic carbocycles. The first-order valence-electron chi connectivity index (χ1n) is 6.40. The minimum atomic E-state index is 0.315. The number of rotatable bonds is 2. The number of hydrogen-bond acceptors (Lipinski definition) is 3. The lowest BCUT2D eigenvalue weighted by Gasteiger charge is -2.45. The molecule has 90 valence electrons. The van der Waals surface area contributed by atoms with Crippen LogP contribution in [0.15, 0.2) is 35.5 Å². The quantitative estimate of drug-likeness (QED) is 0.481. The number of benzene rings is 1. The van der Waals surface area contributed by atoms with Crippen LogP contribution in [0.5, 0.6) is 0 Å². The van der Waals surface area contributed by atoms with Crippen molar-refractivity contribution in [3.63, 3.8) is 0 Å². The summed E-state index contributed by atoms with van der Waals surface area (Å²) in [7, 11) is 0. The summed E-state index contributed by atoms with van der Waals surface area (Å²) in [4.78, 5) is 2.46. The third-order valence-electron chi connectivity index (χ3n) is 4.14. The first-order valence-corrected chi connectivity index (χ1v) is 6.40. The highest BCUT2D eigenvalue weighted by Crippen LogP contribution is 2.33. The molecule has 3 fully saturated rings. The van der Waals surface area contributed by atoms with E-state index < -0.39 is 0 Å². The largest absolute Gasteiger partial charge is 0.411 e. The number of fused-ring (bicyclic) bond motifs is 3. The zero-order valence-corrected chi connectivity index (χ0v) is 9.92. The predicted octanol–water partition coefficient (Wildman–Crippen LogP) is 2.35. The van der Waals surface area contributed by atoms with Crippen LogP contribution in [0.1, 0.15) is 24.8 Å². The smallest absolute Gasteiger partial charge is 0.104 e. The fourth-order valence-corrected chi connectivity index (χ4v) is 3.18. The zero-order valence-electron chi connectivity index (χ0n) is 9.92. The minimum absolute atomic E-state index is 0.315. The van der Waals surface area contributed by atoms with Gasteiger partial charge in [0.25, 0.3) is 0 Å². The normalized spacial score (nSPS) is 32.7. The molecule has 1 aromatic rings. The van der Waals surface area contributed by atoms with Crippen molar-refractivity contribution in [2.75, 3.05) is 13.1 Å². The molecule has 0 radical (unpaired) electrons. The van der Waals surface area contributed by atoms with E-state index in [0.29, 0.717) is 6.04 Å². The third-order valence-corrected chi connectivity index (χ3v) is 4.14. The maximum atomic E-state index is 9.32. The van der Waals surface area contributed by atoms with E-state index in [4.69, 9.17) is 0 Å². The molecule has 1 atom stereocenters. The van der Waals surface area contributed by atoms with Crippen molar-refractivity contribution in [2.24, 2.45) is 11.1 Å². The lowest BCUT2D eigenvalue weighted by Crippen LogP contribution is -2.52. The molecule has 0 aromatic heterocycles.